The summed E-state index contributed by atoms with van der Waals surface area (Å²) in [4.78, 5) is 15.5. The van der Waals surface area contributed by atoms with Crippen LogP contribution in [0, 0.1) is 13.8 Å². The van der Waals surface area contributed by atoms with Crippen molar-refractivity contribution in [3.05, 3.63) is 11.5 Å². The van der Waals surface area contributed by atoms with E-state index in [1.165, 1.54) is 0 Å². The standard InChI is InChI=1S/C11H17N3O3/c1-7-8(2)17-10(13-7)14-9(15)12-6-11(16)4-3-5-11/h16H,3-6H2,1-2H3,(H2,12,13,14,15). The number of nitrogens with zero attached hydrogens (tertiary/aromatic N) is 1. The smallest absolute Gasteiger partial charge is 0.322 e. The first-order valence-corrected chi connectivity index (χ1v) is 5.70. The fourth-order valence-corrected chi connectivity index (χ4v) is 1.67. The SMILES string of the molecule is Cc1nc(NC(=O)NCC2(O)CCC2)oc1C. The Labute approximate surface area is 99.4 Å². The third-order valence-corrected chi connectivity index (χ3v) is 3.11. The molecule has 1 aliphatic carbocycles. The zero-order valence-electron chi connectivity index (χ0n) is 10.0. The molecule has 1 aliphatic rings. The van der Waals surface area contributed by atoms with E-state index in [-0.39, 0.29) is 12.6 Å². The number of carbonyl (C=O) groups excluding carboxylic acids is 1. The second-order valence-corrected chi connectivity index (χ2v) is 4.55. The molecular formula is C11H17N3O3. The average Bonchev–Trinajstić information content (AvgIpc) is 2.52. The van der Waals surface area contributed by atoms with E-state index in [1.54, 1.807) is 13.8 Å². The lowest BCUT2D eigenvalue weighted by molar-refractivity contribution is -0.0287. The number of aryl methyl sites for hydroxylation is 2. The number of carbonyl (C=O) groups is 1. The number of amides is 2. The molecule has 0 bridgehead atoms. The van der Waals surface area contributed by atoms with Gasteiger partial charge in [-0.3, -0.25) is 5.32 Å². The Morgan fingerprint density at radius 2 is 2.24 bits per heavy atom. The van der Waals surface area contributed by atoms with Crippen LogP contribution in [0.1, 0.15) is 30.7 Å². The van der Waals surface area contributed by atoms with Crippen molar-refractivity contribution in [3.63, 3.8) is 0 Å². The van der Waals surface area contributed by atoms with E-state index in [4.69, 9.17) is 4.42 Å². The van der Waals surface area contributed by atoms with Gasteiger partial charge in [0.25, 0.3) is 0 Å². The van der Waals surface area contributed by atoms with Gasteiger partial charge in [-0.1, -0.05) is 0 Å². The van der Waals surface area contributed by atoms with Crippen molar-refractivity contribution in [2.75, 3.05) is 11.9 Å². The highest BCUT2D eigenvalue weighted by atomic mass is 16.4. The molecule has 0 atom stereocenters. The monoisotopic (exact) mass is 239 g/mol. The van der Waals surface area contributed by atoms with Crippen LogP contribution in [-0.4, -0.2) is 28.3 Å². The molecular weight excluding hydrogens is 222 g/mol. The Balaban J connectivity index is 1.81. The van der Waals surface area contributed by atoms with Gasteiger partial charge in [-0.25, -0.2) is 4.79 Å². The molecule has 6 nitrogen and oxygen atoms in total. The van der Waals surface area contributed by atoms with Crippen molar-refractivity contribution in [1.82, 2.24) is 10.3 Å². The zero-order chi connectivity index (χ0) is 12.5. The third kappa shape index (κ3) is 2.76. The van der Waals surface area contributed by atoms with E-state index < -0.39 is 11.6 Å². The Kier molecular flexibility index (Phi) is 3.06. The maximum atomic E-state index is 11.5. The summed E-state index contributed by atoms with van der Waals surface area (Å²) in [7, 11) is 0. The first-order valence-electron chi connectivity index (χ1n) is 5.70. The Hall–Kier alpha value is -1.56. The fourth-order valence-electron chi connectivity index (χ4n) is 1.67. The molecule has 0 radical (unpaired) electrons. The minimum Gasteiger partial charge on any atom is -0.428 e. The van der Waals surface area contributed by atoms with Crippen LogP contribution < -0.4 is 10.6 Å². The van der Waals surface area contributed by atoms with Crippen molar-refractivity contribution < 1.29 is 14.3 Å². The lowest BCUT2D eigenvalue weighted by atomic mass is 9.80. The number of nitrogens with one attached hydrogen (secondary N) is 2. The van der Waals surface area contributed by atoms with Gasteiger partial charge in [-0.15, -0.1) is 0 Å². The molecule has 1 heterocycles. The summed E-state index contributed by atoms with van der Waals surface area (Å²) >= 11 is 0. The van der Waals surface area contributed by atoms with E-state index in [2.05, 4.69) is 15.6 Å². The van der Waals surface area contributed by atoms with Gasteiger partial charge in [-0.2, -0.15) is 4.98 Å². The molecule has 0 aromatic carbocycles. The van der Waals surface area contributed by atoms with Crippen LogP contribution >= 0.6 is 0 Å². The van der Waals surface area contributed by atoms with Crippen molar-refractivity contribution in [2.24, 2.45) is 0 Å². The summed E-state index contributed by atoms with van der Waals surface area (Å²) in [6.45, 7) is 3.85. The van der Waals surface area contributed by atoms with Crippen LogP contribution in [0.2, 0.25) is 0 Å². The zero-order valence-corrected chi connectivity index (χ0v) is 10.0. The maximum absolute atomic E-state index is 11.5. The molecule has 0 spiro atoms. The molecule has 1 aromatic rings. The number of hydrogen-bond donors (Lipinski definition) is 3. The highest BCUT2D eigenvalue weighted by Crippen LogP contribution is 2.30. The first-order chi connectivity index (χ1) is 7.98. The Bertz CT molecular complexity index is 404. The second kappa shape index (κ2) is 4.37. The Morgan fingerprint density at radius 1 is 1.53 bits per heavy atom. The van der Waals surface area contributed by atoms with Gasteiger partial charge in [0, 0.05) is 6.54 Å². The molecule has 0 aliphatic heterocycles. The minimum absolute atomic E-state index is 0.179. The number of aromatic nitrogens is 1. The predicted octanol–water partition coefficient (Wildman–Crippen LogP) is 1.33. The summed E-state index contributed by atoms with van der Waals surface area (Å²) in [5, 5.41) is 14.9. The molecule has 1 aromatic heterocycles. The van der Waals surface area contributed by atoms with Gasteiger partial charge in [-0.05, 0) is 33.1 Å². The second-order valence-electron chi connectivity index (χ2n) is 4.55. The molecule has 17 heavy (non-hydrogen) atoms. The van der Waals surface area contributed by atoms with E-state index in [1.807, 2.05) is 0 Å². The van der Waals surface area contributed by atoms with Crippen molar-refractivity contribution in [3.8, 4) is 0 Å². The molecule has 0 saturated heterocycles. The van der Waals surface area contributed by atoms with E-state index in [0.717, 1.165) is 25.0 Å². The molecule has 2 rings (SSSR count). The highest BCUT2D eigenvalue weighted by Gasteiger charge is 2.34. The first kappa shape index (κ1) is 11.9. The molecule has 94 valence electrons. The predicted molar refractivity (Wildman–Crippen MR) is 61.8 cm³/mol. The third-order valence-electron chi connectivity index (χ3n) is 3.11. The van der Waals surface area contributed by atoms with Crippen molar-refractivity contribution >= 4 is 12.0 Å². The number of rotatable bonds is 3. The topological polar surface area (TPSA) is 87.4 Å². The molecule has 6 heteroatoms. The quantitative estimate of drug-likeness (QED) is 0.742. The van der Waals surface area contributed by atoms with Gasteiger partial charge < -0.3 is 14.8 Å². The van der Waals surface area contributed by atoms with E-state index >= 15 is 0 Å². The number of aliphatic hydroxyl groups is 1. The van der Waals surface area contributed by atoms with Crippen LogP contribution in [0.5, 0.6) is 0 Å². The summed E-state index contributed by atoms with van der Waals surface area (Å²) in [6.07, 6.45) is 2.49. The van der Waals surface area contributed by atoms with Crippen LogP contribution in [0.3, 0.4) is 0 Å². The fraction of sp³-hybridized carbons (Fsp3) is 0.636. The average molecular weight is 239 g/mol. The van der Waals surface area contributed by atoms with Gasteiger partial charge in [0.15, 0.2) is 0 Å². The van der Waals surface area contributed by atoms with Crippen LogP contribution in [-0.2, 0) is 0 Å². The van der Waals surface area contributed by atoms with Gasteiger partial charge in [0.05, 0.1) is 11.3 Å². The number of urea groups is 1. The lowest BCUT2D eigenvalue weighted by Crippen LogP contribution is -2.48. The van der Waals surface area contributed by atoms with E-state index in [0.29, 0.717) is 5.76 Å². The number of hydrogen-bond acceptors (Lipinski definition) is 4. The molecule has 3 N–H and O–H groups in total. The van der Waals surface area contributed by atoms with Gasteiger partial charge >= 0.3 is 12.0 Å². The van der Waals surface area contributed by atoms with Crippen LogP contribution in [0.4, 0.5) is 10.8 Å². The summed E-state index contributed by atoms with van der Waals surface area (Å²) in [5.74, 6) is 0.679. The van der Waals surface area contributed by atoms with Crippen LogP contribution in [0.25, 0.3) is 0 Å². The molecule has 1 saturated carbocycles. The molecule has 1 fully saturated rings. The summed E-state index contributed by atoms with van der Waals surface area (Å²) in [6, 6.07) is -0.232. The highest BCUT2D eigenvalue weighted by molar-refractivity contribution is 5.87. The van der Waals surface area contributed by atoms with E-state index in [9.17, 15) is 9.90 Å². The van der Waals surface area contributed by atoms with Crippen molar-refractivity contribution in [2.45, 2.75) is 38.7 Å². The molecule has 2 amide bonds. The lowest BCUT2D eigenvalue weighted by Gasteiger charge is -2.36. The maximum Gasteiger partial charge on any atom is 0.322 e. The molecule has 0 unspecified atom stereocenters. The van der Waals surface area contributed by atoms with Crippen molar-refractivity contribution in [1.29, 1.82) is 0 Å². The normalized spacial score (nSPS) is 17.4. The number of oxazole rings is 1. The Morgan fingerprint density at radius 3 is 2.71 bits per heavy atom. The summed E-state index contributed by atoms with van der Waals surface area (Å²) < 4.78 is 5.21. The largest absolute Gasteiger partial charge is 0.428 e. The summed E-state index contributed by atoms with van der Waals surface area (Å²) in [5.41, 5.74) is 0.0256. The van der Waals surface area contributed by atoms with Crippen LogP contribution in [0.15, 0.2) is 4.42 Å². The minimum atomic E-state index is -0.722. The van der Waals surface area contributed by atoms with Gasteiger partial charge in [0.1, 0.15) is 5.76 Å². The number of anilines is 1. The van der Waals surface area contributed by atoms with Gasteiger partial charge in [0.2, 0.25) is 0 Å².